The molecule has 1 spiro atoms. The minimum Gasteiger partial charge on any atom is -0.465 e. The zero-order chi connectivity index (χ0) is 13.2. The second-order valence-corrected chi connectivity index (χ2v) is 5.60. The van der Waals surface area contributed by atoms with Crippen LogP contribution in [0.15, 0.2) is 0 Å². The molecule has 6 heteroatoms. The maximum Gasteiger partial charge on any atom is 0.327 e. The molecule has 1 aliphatic carbocycles. The third-order valence-electron chi connectivity index (χ3n) is 3.53. The molecule has 0 aromatic rings. The average molecular weight is 271 g/mol. The number of carbonyl (C=O) groups excluding carboxylic acids is 1. The van der Waals surface area contributed by atoms with Gasteiger partial charge in [-0.05, 0) is 44.3 Å². The summed E-state index contributed by atoms with van der Waals surface area (Å²) in [6, 6.07) is 0. The van der Waals surface area contributed by atoms with Gasteiger partial charge in [0.2, 0.25) is 0 Å². The first-order valence-electron chi connectivity index (χ1n) is 6.58. The molecule has 1 aliphatic heterocycles. The number of nitrogens with one attached hydrogen (secondary N) is 2. The fourth-order valence-corrected chi connectivity index (χ4v) is 3.13. The molecule has 2 atom stereocenters. The van der Waals surface area contributed by atoms with E-state index in [0.29, 0.717) is 17.6 Å². The van der Waals surface area contributed by atoms with E-state index in [1.54, 1.807) is 11.9 Å². The Labute approximate surface area is 113 Å². The van der Waals surface area contributed by atoms with Gasteiger partial charge < -0.3 is 10.1 Å². The Morgan fingerprint density at radius 2 is 2.44 bits per heavy atom. The molecule has 1 heterocycles. The summed E-state index contributed by atoms with van der Waals surface area (Å²) in [4.78, 5) is 11.5. The molecule has 1 saturated heterocycles. The standard InChI is InChI=1S/C12H21N3O2S/c1-3-17-10(16)8-15-11(18)13-12(14-15)6-4-5-9(2)7-12/h9,14H,3-8H2,1-2H3,(H,13,18). The Balaban J connectivity index is 1.95. The van der Waals surface area contributed by atoms with Crippen LogP contribution in [0.1, 0.15) is 39.5 Å². The number of hydrogen-bond donors (Lipinski definition) is 2. The highest BCUT2D eigenvalue weighted by atomic mass is 32.1. The van der Waals surface area contributed by atoms with Gasteiger partial charge in [-0.3, -0.25) is 9.80 Å². The Morgan fingerprint density at radius 1 is 1.67 bits per heavy atom. The molecule has 2 aliphatic rings. The second-order valence-electron chi connectivity index (χ2n) is 5.22. The fourth-order valence-electron chi connectivity index (χ4n) is 2.82. The Bertz CT molecular complexity index is 350. The third-order valence-corrected chi connectivity index (χ3v) is 3.85. The monoisotopic (exact) mass is 271 g/mol. The molecule has 0 amide bonds. The molecule has 2 unspecified atom stereocenters. The highest BCUT2D eigenvalue weighted by molar-refractivity contribution is 7.80. The van der Waals surface area contributed by atoms with E-state index in [1.807, 2.05) is 0 Å². The van der Waals surface area contributed by atoms with Crippen molar-refractivity contribution in [3.05, 3.63) is 0 Å². The molecule has 0 radical (unpaired) electrons. The van der Waals surface area contributed by atoms with Gasteiger partial charge >= 0.3 is 5.97 Å². The molecular formula is C12H21N3O2S. The smallest absolute Gasteiger partial charge is 0.327 e. The van der Waals surface area contributed by atoms with E-state index in [0.717, 1.165) is 12.8 Å². The second kappa shape index (κ2) is 5.40. The van der Waals surface area contributed by atoms with Crippen molar-refractivity contribution in [1.29, 1.82) is 0 Å². The zero-order valence-electron chi connectivity index (χ0n) is 11.0. The highest BCUT2D eigenvalue weighted by Gasteiger charge is 2.43. The number of esters is 1. The molecule has 0 aromatic carbocycles. The van der Waals surface area contributed by atoms with E-state index < -0.39 is 0 Å². The maximum atomic E-state index is 11.5. The van der Waals surface area contributed by atoms with Gasteiger partial charge in [0.15, 0.2) is 5.11 Å². The van der Waals surface area contributed by atoms with Crippen molar-refractivity contribution in [3.8, 4) is 0 Å². The molecule has 18 heavy (non-hydrogen) atoms. The summed E-state index contributed by atoms with van der Waals surface area (Å²) < 4.78 is 4.94. The van der Waals surface area contributed by atoms with Gasteiger partial charge in [0, 0.05) is 0 Å². The normalized spacial score (nSPS) is 31.6. The van der Waals surface area contributed by atoms with E-state index in [4.69, 9.17) is 17.0 Å². The third kappa shape index (κ3) is 2.92. The number of ether oxygens (including phenoxy) is 1. The van der Waals surface area contributed by atoms with Gasteiger partial charge in [-0.15, -0.1) is 0 Å². The molecule has 2 N–H and O–H groups in total. The van der Waals surface area contributed by atoms with Crippen LogP contribution in [0.3, 0.4) is 0 Å². The van der Waals surface area contributed by atoms with Crippen LogP contribution in [-0.2, 0) is 9.53 Å². The van der Waals surface area contributed by atoms with Crippen LogP contribution in [0.4, 0.5) is 0 Å². The average Bonchev–Trinajstić information content (AvgIpc) is 2.54. The molecular weight excluding hydrogens is 250 g/mol. The van der Waals surface area contributed by atoms with Gasteiger partial charge in [-0.25, -0.2) is 5.43 Å². The first-order chi connectivity index (χ1) is 8.54. The molecule has 0 bridgehead atoms. The topological polar surface area (TPSA) is 53.6 Å². The van der Waals surface area contributed by atoms with Crippen LogP contribution < -0.4 is 10.7 Å². The summed E-state index contributed by atoms with van der Waals surface area (Å²) >= 11 is 5.28. The Morgan fingerprint density at radius 3 is 3.11 bits per heavy atom. The summed E-state index contributed by atoms with van der Waals surface area (Å²) in [5, 5.41) is 5.63. The highest BCUT2D eigenvalue weighted by Crippen LogP contribution is 2.32. The minimum atomic E-state index is -0.255. The lowest BCUT2D eigenvalue weighted by Crippen LogP contribution is -2.54. The van der Waals surface area contributed by atoms with E-state index in [9.17, 15) is 4.79 Å². The van der Waals surface area contributed by atoms with E-state index in [2.05, 4.69) is 17.7 Å². The largest absolute Gasteiger partial charge is 0.465 e. The van der Waals surface area contributed by atoms with E-state index in [1.165, 1.54) is 12.8 Å². The summed E-state index contributed by atoms with van der Waals surface area (Å²) in [5.74, 6) is 0.416. The van der Waals surface area contributed by atoms with Crippen molar-refractivity contribution in [3.63, 3.8) is 0 Å². The van der Waals surface area contributed by atoms with Crippen molar-refractivity contribution in [2.45, 2.75) is 45.2 Å². The molecule has 2 fully saturated rings. The molecule has 0 aromatic heterocycles. The first kappa shape index (κ1) is 13.5. The first-order valence-corrected chi connectivity index (χ1v) is 6.98. The Hall–Kier alpha value is -0.880. The number of rotatable bonds is 3. The van der Waals surface area contributed by atoms with E-state index in [-0.39, 0.29) is 18.2 Å². The van der Waals surface area contributed by atoms with Crippen molar-refractivity contribution in [1.82, 2.24) is 15.8 Å². The lowest BCUT2D eigenvalue weighted by atomic mass is 9.83. The summed E-state index contributed by atoms with van der Waals surface area (Å²) in [6.07, 6.45) is 4.51. The molecule has 102 valence electrons. The SMILES string of the molecule is CCOC(=O)CN1NC2(CCCC(C)C2)NC1=S. The van der Waals surface area contributed by atoms with Gasteiger partial charge in [-0.1, -0.05) is 13.3 Å². The summed E-state index contributed by atoms with van der Waals surface area (Å²) in [7, 11) is 0. The van der Waals surface area contributed by atoms with Crippen molar-refractivity contribution >= 4 is 23.3 Å². The number of nitrogens with zero attached hydrogens (tertiary/aromatic N) is 1. The quantitative estimate of drug-likeness (QED) is 0.593. The summed E-state index contributed by atoms with van der Waals surface area (Å²) in [6.45, 7) is 4.61. The molecule has 1 saturated carbocycles. The van der Waals surface area contributed by atoms with Crippen LogP contribution in [0.5, 0.6) is 0 Å². The molecule has 5 nitrogen and oxygen atoms in total. The zero-order valence-corrected chi connectivity index (χ0v) is 11.8. The Kier molecular flexibility index (Phi) is 4.07. The predicted molar refractivity (Wildman–Crippen MR) is 72.6 cm³/mol. The van der Waals surface area contributed by atoms with Crippen LogP contribution >= 0.6 is 12.2 Å². The number of hydrogen-bond acceptors (Lipinski definition) is 4. The number of hydrazine groups is 1. The van der Waals surface area contributed by atoms with Crippen LogP contribution in [0.25, 0.3) is 0 Å². The van der Waals surface area contributed by atoms with Crippen molar-refractivity contribution in [2.24, 2.45) is 5.92 Å². The van der Waals surface area contributed by atoms with Gasteiger partial charge in [-0.2, -0.15) is 0 Å². The molecule has 2 rings (SSSR count). The van der Waals surface area contributed by atoms with Crippen molar-refractivity contribution < 1.29 is 9.53 Å². The van der Waals surface area contributed by atoms with E-state index >= 15 is 0 Å². The predicted octanol–water partition coefficient (Wildman–Crippen LogP) is 1.15. The van der Waals surface area contributed by atoms with Crippen molar-refractivity contribution in [2.75, 3.05) is 13.2 Å². The fraction of sp³-hybridized carbons (Fsp3) is 0.833. The lowest BCUT2D eigenvalue weighted by molar-refractivity contribution is -0.144. The van der Waals surface area contributed by atoms with Gasteiger partial charge in [0.25, 0.3) is 0 Å². The number of carbonyl (C=O) groups is 1. The lowest BCUT2D eigenvalue weighted by Gasteiger charge is -2.36. The van der Waals surface area contributed by atoms with Crippen LogP contribution in [0, 0.1) is 5.92 Å². The number of thiocarbonyl (C=S) groups is 1. The van der Waals surface area contributed by atoms with Gasteiger partial charge in [0.05, 0.1) is 6.61 Å². The van der Waals surface area contributed by atoms with Crippen LogP contribution in [0.2, 0.25) is 0 Å². The summed E-state index contributed by atoms with van der Waals surface area (Å²) in [5.41, 5.74) is 3.20. The van der Waals surface area contributed by atoms with Gasteiger partial charge in [0.1, 0.15) is 12.2 Å². The maximum absolute atomic E-state index is 11.5. The minimum absolute atomic E-state index is 0.152. The van der Waals surface area contributed by atoms with Crippen LogP contribution in [-0.4, -0.2) is 34.9 Å².